The number of cyclic esters (lactones) is 1. The normalized spacial score (nSPS) is 27.1. The maximum Gasteiger partial charge on any atom is 0.336 e. The molecule has 31 heavy (non-hydrogen) atoms. The van der Waals surface area contributed by atoms with Crippen molar-refractivity contribution in [1.29, 1.82) is 0 Å². The number of allylic oxidation sites excluding steroid dienone is 2. The Morgan fingerprint density at radius 3 is 2.61 bits per heavy atom. The fourth-order valence-corrected chi connectivity index (χ4v) is 4.50. The SMILES string of the molecule is C=CN(N=C)/C(N)=C/C=C(\N)CN[C@H]1CC[C@@]2(CCN(C3=C(C)C(=O)OC3)C2=O)CC1. The second-order valence-corrected chi connectivity index (χ2v) is 8.29. The van der Waals surface area contributed by atoms with E-state index >= 15 is 0 Å². The average molecular weight is 429 g/mol. The minimum Gasteiger partial charge on any atom is -0.456 e. The van der Waals surface area contributed by atoms with Crippen LogP contribution in [0.1, 0.15) is 39.0 Å². The van der Waals surface area contributed by atoms with Crippen molar-refractivity contribution < 1.29 is 14.3 Å². The van der Waals surface area contributed by atoms with Gasteiger partial charge in [0.15, 0.2) is 0 Å². The van der Waals surface area contributed by atoms with Crippen LogP contribution >= 0.6 is 0 Å². The molecule has 3 aliphatic rings. The third-order valence-electron chi connectivity index (χ3n) is 6.51. The number of esters is 1. The van der Waals surface area contributed by atoms with Gasteiger partial charge in [-0.1, -0.05) is 6.58 Å². The van der Waals surface area contributed by atoms with E-state index in [0.29, 0.717) is 36.2 Å². The molecule has 168 valence electrons. The number of carbonyl (C=O) groups excluding carboxylic acids is 2. The molecule has 2 heterocycles. The number of likely N-dealkylation sites (tertiary alicyclic amines) is 1. The summed E-state index contributed by atoms with van der Waals surface area (Å²) < 4.78 is 5.08. The highest BCUT2D eigenvalue weighted by atomic mass is 16.5. The van der Waals surface area contributed by atoms with E-state index in [-0.39, 0.29) is 23.9 Å². The first-order chi connectivity index (χ1) is 14.8. The van der Waals surface area contributed by atoms with Gasteiger partial charge in [0, 0.05) is 37.7 Å². The van der Waals surface area contributed by atoms with Crippen LogP contribution in [0.25, 0.3) is 0 Å². The molecule has 0 unspecified atom stereocenters. The van der Waals surface area contributed by atoms with Gasteiger partial charge in [0.05, 0.1) is 16.7 Å². The summed E-state index contributed by atoms with van der Waals surface area (Å²) in [4.78, 5) is 26.6. The first-order valence-electron chi connectivity index (χ1n) is 10.5. The fourth-order valence-electron chi connectivity index (χ4n) is 4.50. The van der Waals surface area contributed by atoms with Crippen molar-refractivity contribution in [1.82, 2.24) is 15.2 Å². The average Bonchev–Trinajstić information content (AvgIpc) is 3.26. The Morgan fingerprint density at radius 1 is 1.32 bits per heavy atom. The number of nitrogens with two attached hydrogens (primary N) is 2. The molecule has 0 aromatic carbocycles. The number of hydrazone groups is 1. The molecule has 1 saturated carbocycles. The highest BCUT2D eigenvalue weighted by molar-refractivity contribution is 5.94. The van der Waals surface area contributed by atoms with Crippen molar-refractivity contribution in [2.75, 3.05) is 19.7 Å². The molecule has 2 fully saturated rings. The van der Waals surface area contributed by atoms with Gasteiger partial charge in [0.1, 0.15) is 12.4 Å². The molecule has 1 aliphatic carbocycles. The Morgan fingerprint density at radius 2 is 2.03 bits per heavy atom. The Bertz CT molecular complexity index is 843. The third-order valence-corrected chi connectivity index (χ3v) is 6.51. The minimum absolute atomic E-state index is 0.140. The maximum atomic E-state index is 13.2. The predicted molar refractivity (Wildman–Crippen MR) is 119 cm³/mol. The second-order valence-electron chi connectivity index (χ2n) is 8.29. The van der Waals surface area contributed by atoms with E-state index in [1.165, 1.54) is 11.2 Å². The van der Waals surface area contributed by atoms with E-state index in [9.17, 15) is 9.59 Å². The van der Waals surface area contributed by atoms with E-state index in [2.05, 4.69) is 23.7 Å². The summed E-state index contributed by atoms with van der Waals surface area (Å²) in [5, 5.41) is 8.53. The van der Waals surface area contributed by atoms with Gasteiger partial charge >= 0.3 is 5.97 Å². The van der Waals surface area contributed by atoms with Gasteiger partial charge in [0.25, 0.3) is 0 Å². The lowest BCUT2D eigenvalue weighted by molar-refractivity contribution is -0.138. The Balaban J connectivity index is 1.51. The van der Waals surface area contributed by atoms with E-state index in [1.807, 2.05) is 0 Å². The van der Waals surface area contributed by atoms with Crippen LogP contribution in [0.2, 0.25) is 0 Å². The Labute approximate surface area is 183 Å². The molecule has 1 amide bonds. The van der Waals surface area contributed by atoms with E-state index in [4.69, 9.17) is 16.2 Å². The molecule has 3 rings (SSSR count). The van der Waals surface area contributed by atoms with E-state index < -0.39 is 0 Å². The number of hydrogen-bond donors (Lipinski definition) is 3. The number of amides is 1. The molecule has 0 aromatic rings. The fraction of sp³-hybridized carbons (Fsp3) is 0.500. The summed E-state index contributed by atoms with van der Waals surface area (Å²) in [6, 6.07) is 0.303. The highest BCUT2D eigenvalue weighted by Crippen LogP contribution is 2.46. The highest BCUT2D eigenvalue weighted by Gasteiger charge is 2.50. The lowest BCUT2D eigenvalue weighted by atomic mass is 9.71. The quantitative estimate of drug-likeness (QED) is 0.230. The second kappa shape index (κ2) is 9.38. The van der Waals surface area contributed by atoms with Gasteiger partial charge in [-0.3, -0.25) is 4.79 Å². The topological polar surface area (TPSA) is 126 Å². The molecule has 0 radical (unpaired) electrons. The number of nitrogens with one attached hydrogen (secondary N) is 1. The van der Waals surface area contributed by atoms with Gasteiger partial charge in [0.2, 0.25) is 5.91 Å². The zero-order valence-corrected chi connectivity index (χ0v) is 18.1. The van der Waals surface area contributed by atoms with Crippen LogP contribution < -0.4 is 16.8 Å². The maximum absolute atomic E-state index is 13.2. The molecular formula is C22H32N6O3. The molecule has 2 aliphatic heterocycles. The van der Waals surface area contributed by atoms with Crippen molar-refractivity contribution in [3.05, 3.63) is 47.7 Å². The summed E-state index contributed by atoms with van der Waals surface area (Å²) in [6.07, 6.45) is 9.14. The Hall–Kier alpha value is -3.07. The summed E-state index contributed by atoms with van der Waals surface area (Å²) in [6.45, 7) is 10.1. The number of nitrogens with zero attached hydrogens (tertiary/aromatic N) is 3. The van der Waals surface area contributed by atoms with Crippen LogP contribution in [-0.4, -0.2) is 54.2 Å². The van der Waals surface area contributed by atoms with Crippen LogP contribution in [0, 0.1) is 5.41 Å². The van der Waals surface area contributed by atoms with Crippen molar-refractivity contribution in [3.63, 3.8) is 0 Å². The third kappa shape index (κ3) is 4.66. The first-order valence-corrected chi connectivity index (χ1v) is 10.5. The molecule has 5 N–H and O–H groups in total. The number of carbonyl (C=O) groups is 2. The van der Waals surface area contributed by atoms with Crippen molar-refractivity contribution in [3.8, 4) is 0 Å². The lowest BCUT2D eigenvalue weighted by Crippen LogP contribution is -2.42. The van der Waals surface area contributed by atoms with Gasteiger partial charge < -0.3 is 26.4 Å². The number of rotatable bonds is 8. The summed E-state index contributed by atoms with van der Waals surface area (Å²) in [5.74, 6) is 0.189. The first kappa shape index (κ1) is 22.6. The van der Waals surface area contributed by atoms with Gasteiger partial charge in [-0.15, -0.1) is 0 Å². The molecule has 1 saturated heterocycles. The molecule has 1 spiro atoms. The van der Waals surface area contributed by atoms with Crippen LogP contribution in [0.4, 0.5) is 0 Å². The number of ether oxygens (including phenoxy) is 1. The van der Waals surface area contributed by atoms with Crippen LogP contribution in [0.3, 0.4) is 0 Å². The minimum atomic E-state index is -0.322. The predicted octanol–water partition coefficient (Wildman–Crippen LogP) is 1.27. The Kier molecular flexibility index (Phi) is 6.84. The molecule has 9 nitrogen and oxygen atoms in total. The van der Waals surface area contributed by atoms with Crippen molar-refractivity contribution in [2.24, 2.45) is 22.0 Å². The van der Waals surface area contributed by atoms with Crippen LogP contribution in [-0.2, 0) is 14.3 Å². The van der Waals surface area contributed by atoms with Gasteiger partial charge in [-0.2, -0.15) is 5.10 Å². The zero-order valence-electron chi connectivity index (χ0n) is 18.1. The van der Waals surface area contributed by atoms with Crippen LogP contribution in [0.5, 0.6) is 0 Å². The largest absolute Gasteiger partial charge is 0.456 e. The standard InChI is InChI=1S/C22H32N6O3/c1-4-28(25-3)19(24)6-5-16(23)13-26-17-7-9-22(10-8-17)11-12-27(21(22)30)18-14-31-20(29)15(18)2/h4-6,17,26H,1,3,7-14,23-24H2,2H3/b16-5-,19-6+/t17-,22-. The van der Waals surface area contributed by atoms with Gasteiger partial charge in [-0.25, -0.2) is 9.80 Å². The molecule has 9 heteroatoms. The monoisotopic (exact) mass is 428 g/mol. The smallest absolute Gasteiger partial charge is 0.336 e. The molecule has 0 atom stereocenters. The van der Waals surface area contributed by atoms with E-state index in [1.54, 1.807) is 24.0 Å². The molecular weight excluding hydrogens is 396 g/mol. The summed E-state index contributed by atoms with van der Waals surface area (Å²) in [5.41, 5.74) is 13.6. The van der Waals surface area contributed by atoms with Crippen LogP contribution in [0.15, 0.2) is 52.8 Å². The molecule has 0 bridgehead atoms. The molecule has 0 aromatic heterocycles. The van der Waals surface area contributed by atoms with Crippen molar-refractivity contribution >= 4 is 18.6 Å². The van der Waals surface area contributed by atoms with Crippen molar-refractivity contribution in [2.45, 2.75) is 45.1 Å². The zero-order chi connectivity index (χ0) is 22.6. The summed E-state index contributed by atoms with van der Waals surface area (Å²) in [7, 11) is 0. The number of hydrogen-bond acceptors (Lipinski definition) is 8. The summed E-state index contributed by atoms with van der Waals surface area (Å²) >= 11 is 0. The lowest BCUT2D eigenvalue weighted by Gasteiger charge is -2.36. The van der Waals surface area contributed by atoms with Gasteiger partial charge in [-0.05, 0) is 51.2 Å². The van der Waals surface area contributed by atoms with E-state index in [0.717, 1.165) is 37.8 Å².